The topological polar surface area (TPSA) is 57.7 Å². The summed E-state index contributed by atoms with van der Waals surface area (Å²) in [6.45, 7) is 3.01. The molecule has 5 heteroatoms. The summed E-state index contributed by atoms with van der Waals surface area (Å²) in [6.07, 6.45) is 0.317. The maximum Gasteiger partial charge on any atom is 0.238 e. The largest absolute Gasteiger partial charge is 0.337 e. The van der Waals surface area contributed by atoms with E-state index in [1.165, 1.54) is 4.90 Å². The minimum Gasteiger partial charge on any atom is -0.337 e. The third kappa shape index (κ3) is 2.22. The van der Waals surface area contributed by atoms with E-state index in [-0.39, 0.29) is 30.6 Å². The fourth-order valence-corrected chi connectivity index (χ4v) is 3.30. The molecule has 5 nitrogen and oxygen atoms in total. The lowest BCUT2D eigenvalue weighted by molar-refractivity contribution is -0.141. The summed E-state index contributed by atoms with van der Waals surface area (Å²) < 4.78 is 0. The number of likely N-dealkylation sites (tertiary alicyclic amines) is 2. The van der Waals surface area contributed by atoms with Crippen LogP contribution in [0.5, 0.6) is 0 Å². The molecule has 0 radical (unpaired) electrons. The van der Waals surface area contributed by atoms with Gasteiger partial charge >= 0.3 is 0 Å². The van der Waals surface area contributed by atoms with Crippen LogP contribution in [0.15, 0.2) is 30.3 Å². The number of nitrogens with zero attached hydrogens (tertiary/aromatic N) is 2. The second kappa shape index (κ2) is 4.98. The average Bonchev–Trinajstić information content (AvgIpc) is 2.89. The summed E-state index contributed by atoms with van der Waals surface area (Å²) in [6, 6.07) is 9.69. The normalized spacial score (nSPS) is 25.5. The van der Waals surface area contributed by atoms with Crippen LogP contribution < -0.4 is 0 Å². The number of imide groups is 1. The van der Waals surface area contributed by atoms with E-state index < -0.39 is 5.41 Å². The van der Waals surface area contributed by atoms with E-state index in [2.05, 4.69) is 0 Å². The fraction of sp³-hybridized carbons (Fsp3) is 0.438. The highest BCUT2D eigenvalue weighted by atomic mass is 16.2. The Bertz CT molecular complexity index is 599. The van der Waals surface area contributed by atoms with E-state index in [4.69, 9.17) is 0 Å². The summed E-state index contributed by atoms with van der Waals surface area (Å²) in [7, 11) is 0. The van der Waals surface area contributed by atoms with Gasteiger partial charge in [0.25, 0.3) is 0 Å². The van der Waals surface area contributed by atoms with E-state index in [0.717, 1.165) is 5.56 Å². The predicted octanol–water partition coefficient (Wildman–Crippen LogP) is 1.18. The molecule has 2 saturated heterocycles. The van der Waals surface area contributed by atoms with Crippen LogP contribution in [0.1, 0.15) is 25.3 Å². The Labute approximate surface area is 123 Å². The Morgan fingerprint density at radius 2 is 1.71 bits per heavy atom. The maximum absolute atomic E-state index is 12.4. The van der Waals surface area contributed by atoms with Crippen LogP contribution in [0.25, 0.3) is 0 Å². The van der Waals surface area contributed by atoms with Crippen molar-refractivity contribution in [3.8, 4) is 0 Å². The number of hydrogen-bond donors (Lipinski definition) is 0. The van der Waals surface area contributed by atoms with Gasteiger partial charge in [0.05, 0.1) is 5.41 Å². The summed E-state index contributed by atoms with van der Waals surface area (Å²) in [5.74, 6) is -0.381. The van der Waals surface area contributed by atoms with E-state index in [1.807, 2.05) is 30.3 Å². The zero-order valence-electron chi connectivity index (χ0n) is 12.0. The van der Waals surface area contributed by atoms with Gasteiger partial charge in [0.2, 0.25) is 17.7 Å². The van der Waals surface area contributed by atoms with E-state index in [1.54, 1.807) is 11.8 Å². The van der Waals surface area contributed by atoms with Gasteiger partial charge in [-0.2, -0.15) is 0 Å². The van der Waals surface area contributed by atoms with Gasteiger partial charge < -0.3 is 4.90 Å². The zero-order valence-corrected chi connectivity index (χ0v) is 12.0. The van der Waals surface area contributed by atoms with Crippen molar-refractivity contribution >= 4 is 17.7 Å². The first-order valence-electron chi connectivity index (χ1n) is 7.22. The van der Waals surface area contributed by atoms with Crippen LogP contribution in [0.4, 0.5) is 0 Å². The minimum atomic E-state index is -0.820. The smallest absolute Gasteiger partial charge is 0.238 e. The highest BCUT2D eigenvalue weighted by Gasteiger charge is 2.57. The summed E-state index contributed by atoms with van der Waals surface area (Å²) in [4.78, 5) is 39.6. The number of carbonyl (C=O) groups excluding carboxylic acids is 3. The molecular weight excluding hydrogens is 268 g/mol. The molecule has 0 aliphatic carbocycles. The Hall–Kier alpha value is -2.17. The van der Waals surface area contributed by atoms with Crippen molar-refractivity contribution in [3.63, 3.8) is 0 Å². The maximum atomic E-state index is 12.4. The third-order valence-electron chi connectivity index (χ3n) is 4.36. The van der Waals surface area contributed by atoms with Gasteiger partial charge in [-0.05, 0) is 12.5 Å². The van der Waals surface area contributed by atoms with Crippen molar-refractivity contribution in [2.75, 3.05) is 13.1 Å². The molecule has 2 aliphatic rings. The summed E-state index contributed by atoms with van der Waals surface area (Å²) in [5.41, 5.74) is 0.214. The van der Waals surface area contributed by atoms with Gasteiger partial charge in [0, 0.05) is 32.5 Å². The van der Waals surface area contributed by atoms with Crippen molar-refractivity contribution in [1.82, 2.24) is 9.80 Å². The number of benzene rings is 1. The van der Waals surface area contributed by atoms with Crippen molar-refractivity contribution in [3.05, 3.63) is 35.9 Å². The van der Waals surface area contributed by atoms with E-state index in [0.29, 0.717) is 19.6 Å². The molecule has 110 valence electrons. The molecule has 1 unspecified atom stereocenters. The Kier molecular flexibility index (Phi) is 3.27. The third-order valence-corrected chi connectivity index (χ3v) is 4.36. The molecule has 1 spiro atoms. The number of amides is 3. The van der Waals surface area contributed by atoms with Gasteiger partial charge in [-0.1, -0.05) is 30.3 Å². The fourth-order valence-electron chi connectivity index (χ4n) is 3.30. The molecule has 2 aliphatic heterocycles. The van der Waals surface area contributed by atoms with Gasteiger partial charge in [-0.15, -0.1) is 0 Å². The molecule has 0 saturated carbocycles. The van der Waals surface area contributed by atoms with Gasteiger partial charge in [0.15, 0.2) is 0 Å². The van der Waals surface area contributed by atoms with Crippen LogP contribution in [-0.2, 0) is 20.9 Å². The summed E-state index contributed by atoms with van der Waals surface area (Å²) >= 11 is 0. The lowest BCUT2D eigenvalue weighted by Gasteiger charge is -2.21. The van der Waals surface area contributed by atoms with Crippen LogP contribution >= 0.6 is 0 Å². The second-order valence-electron chi connectivity index (χ2n) is 5.81. The molecule has 0 N–H and O–H groups in total. The van der Waals surface area contributed by atoms with Crippen molar-refractivity contribution in [2.24, 2.45) is 5.41 Å². The molecule has 3 amide bonds. The lowest BCUT2D eigenvalue weighted by atomic mass is 9.85. The molecule has 0 bridgehead atoms. The highest BCUT2D eigenvalue weighted by molar-refractivity contribution is 6.08. The molecule has 1 aromatic rings. The SMILES string of the molecule is CCN1C(=O)CC2(CC(=O)N(Cc3ccccc3)C2)C1=O. The van der Waals surface area contributed by atoms with Gasteiger partial charge in [-0.25, -0.2) is 0 Å². The molecular formula is C16H18N2O3. The van der Waals surface area contributed by atoms with Crippen LogP contribution in [-0.4, -0.2) is 40.6 Å². The monoisotopic (exact) mass is 286 g/mol. The molecule has 1 aromatic carbocycles. The first kappa shape index (κ1) is 13.8. The Morgan fingerprint density at radius 3 is 2.33 bits per heavy atom. The molecule has 2 heterocycles. The van der Waals surface area contributed by atoms with E-state index in [9.17, 15) is 14.4 Å². The number of rotatable bonds is 3. The Morgan fingerprint density at radius 1 is 1.05 bits per heavy atom. The second-order valence-corrected chi connectivity index (χ2v) is 5.81. The quantitative estimate of drug-likeness (QED) is 0.784. The number of carbonyl (C=O) groups is 3. The first-order chi connectivity index (χ1) is 10.1. The van der Waals surface area contributed by atoms with Crippen molar-refractivity contribution in [2.45, 2.75) is 26.3 Å². The lowest BCUT2D eigenvalue weighted by Crippen LogP contribution is -2.37. The van der Waals surface area contributed by atoms with Crippen LogP contribution in [0, 0.1) is 5.41 Å². The van der Waals surface area contributed by atoms with Gasteiger partial charge in [-0.3, -0.25) is 19.3 Å². The van der Waals surface area contributed by atoms with Crippen molar-refractivity contribution < 1.29 is 14.4 Å². The molecule has 2 fully saturated rings. The molecule has 0 aromatic heterocycles. The van der Waals surface area contributed by atoms with E-state index >= 15 is 0 Å². The average molecular weight is 286 g/mol. The molecule has 3 rings (SSSR count). The molecule has 21 heavy (non-hydrogen) atoms. The zero-order chi connectivity index (χ0) is 15.0. The van der Waals surface area contributed by atoms with Crippen LogP contribution in [0.3, 0.4) is 0 Å². The first-order valence-corrected chi connectivity index (χ1v) is 7.22. The summed E-state index contributed by atoms with van der Waals surface area (Å²) in [5, 5.41) is 0. The predicted molar refractivity (Wildman–Crippen MR) is 75.9 cm³/mol. The number of hydrogen-bond acceptors (Lipinski definition) is 3. The van der Waals surface area contributed by atoms with Gasteiger partial charge in [0.1, 0.15) is 0 Å². The highest BCUT2D eigenvalue weighted by Crippen LogP contribution is 2.42. The molecule has 1 atom stereocenters. The minimum absolute atomic E-state index is 0.0436. The van der Waals surface area contributed by atoms with Crippen molar-refractivity contribution in [1.29, 1.82) is 0 Å². The van der Waals surface area contributed by atoms with Crippen LogP contribution in [0.2, 0.25) is 0 Å². The Balaban J connectivity index is 1.79. The standard InChI is InChI=1S/C16H18N2O3/c1-2-18-14(20)9-16(15(18)21)8-13(19)17(11-16)10-12-6-4-3-5-7-12/h3-7H,2,8-11H2,1H3.